The normalized spacial score (nSPS) is 20.9. The lowest BCUT2D eigenvalue weighted by molar-refractivity contribution is 0.239. The number of hydrazine groups is 2. The van der Waals surface area contributed by atoms with Crippen molar-refractivity contribution in [3.05, 3.63) is 35.0 Å². The summed E-state index contributed by atoms with van der Waals surface area (Å²) in [7, 11) is 1.90. The summed E-state index contributed by atoms with van der Waals surface area (Å²) in [6.45, 7) is 0. The van der Waals surface area contributed by atoms with E-state index in [2.05, 4.69) is 22.3 Å². The van der Waals surface area contributed by atoms with Gasteiger partial charge in [-0.05, 0) is 0 Å². The predicted molar refractivity (Wildman–Crippen MR) is 37.2 cm³/mol. The van der Waals surface area contributed by atoms with Gasteiger partial charge in [0.25, 0.3) is 0 Å². The number of hydrogen-bond acceptors (Lipinski definition) is 3. The minimum Gasteiger partial charge on any atom is -0.299 e. The van der Waals surface area contributed by atoms with Gasteiger partial charge >= 0.3 is 0 Å². The van der Waals surface area contributed by atoms with E-state index in [4.69, 9.17) is 0 Å². The van der Waals surface area contributed by atoms with Gasteiger partial charge in [0.15, 0.2) is 0 Å². The van der Waals surface area contributed by atoms with Gasteiger partial charge in [-0.25, -0.2) is 0 Å². The van der Waals surface area contributed by atoms with Crippen molar-refractivity contribution in [2.45, 2.75) is 0 Å². The summed E-state index contributed by atoms with van der Waals surface area (Å²) in [6.07, 6.45) is 3.71. The third-order valence-corrected chi connectivity index (χ3v) is 1.38. The first kappa shape index (κ1) is 5.39. The Kier molecular flexibility index (Phi) is 0.965. The molecule has 1 aliphatic heterocycles. The van der Waals surface area contributed by atoms with Crippen molar-refractivity contribution >= 4 is 0 Å². The van der Waals surface area contributed by atoms with Crippen LogP contribution >= 0.6 is 0 Å². The van der Waals surface area contributed by atoms with E-state index in [9.17, 15) is 0 Å². The lowest BCUT2D eigenvalue weighted by atomic mass is 10.3. The molecule has 0 aromatic heterocycles. The molecule has 1 heterocycles. The van der Waals surface area contributed by atoms with Gasteiger partial charge in [0.1, 0.15) is 0 Å². The molecule has 2 rings (SSSR count). The highest BCUT2D eigenvalue weighted by atomic mass is 15.7. The molecule has 3 heteroatoms. The molecule has 0 fully saturated rings. The van der Waals surface area contributed by atoms with Crippen LogP contribution in [-0.4, -0.2) is 12.2 Å². The molecule has 50 valence electrons. The Bertz CT molecular complexity index is 260. The number of allylic oxidation sites excluding steroid dienone is 2. The molecular weight excluding hydrogens is 126 g/mol. The highest BCUT2D eigenvalue weighted by Crippen LogP contribution is 2.09. The smallest absolute Gasteiger partial charge is 0.0843 e. The number of nitrogens with zero attached hydrogens (tertiary/aromatic N) is 1. The summed E-state index contributed by atoms with van der Waals surface area (Å²) in [6, 6.07) is 0. The fourth-order valence-electron chi connectivity index (χ4n) is 0.957. The average molecular weight is 133 g/mol. The zero-order chi connectivity index (χ0) is 6.97. The molecule has 0 radical (unpaired) electrons. The minimum absolute atomic E-state index is 1.04. The maximum atomic E-state index is 3.07. The Balaban J connectivity index is 2.35. The molecule has 0 amide bonds. The Labute approximate surface area is 59.0 Å². The van der Waals surface area contributed by atoms with Crippen molar-refractivity contribution in [3.63, 3.8) is 0 Å². The van der Waals surface area contributed by atoms with Gasteiger partial charge in [-0.2, -0.15) is 0 Å². The van der Waals surface area contributed by atoms with Gasteiger partial charge in [0.05, 0.1) is 11.4 Å². The van der Waals surface area contributed by atoms with E-state index in [-0.39, 0.29) is 0 Å². The Morgan fingerprint density at radius 2 is 1.70 bits per heavy atom. The standard InChI is InChI=1S/C7H7N3/c1-10-8-6-4-2-3-5-7(6)9-10/h4-5,8-9H,1H3. The summed E-state index contributed by atoms with van der Waals surface area (Å²) in [4.78, 5) is 0. The summed E-state index contributed by atoms with van der Waals surface area (Å²) >= 11 is 0. The lowest BCUT2D eigenvalue weighted by Crippen LogP contribution is -2.35. The van der Waals surface area contributed by atoms with E-state index >= 15 is 0 Å². The highest BCUT2D eigenvalue weighted by Gasteiger charge is 2.13. The van der Waals surface area contributed by atoms with Crippen molar-refractivity contribution in [1.29, 1.82) is 0 Å². The van der Waals surface area contributed by atoms with Crippen LogP contribution in [0.25, 0.3) is 0 Å². The van der Waals surface area contributed by atoms with Crippen LogP contribution in [0, 0.1) is 0 Å². The second kappa shape index (κ2) is 1.79. The maximum Gasteiger partial charge on any atom is 0.0843 e. The molecule has 0 spiro atoms. The largest absolute Gasteiger partial charge is 0.299 e. The SMILES string of the molecule is CN1NC2=C(C=C=C=C2)N1. The molecule has 1 aliphatic carbocycles. The monoisotopic (exact) mass is 133 g/mol. The van der Waals surface area contributed by atoms with Gasteiger partial charge in [-0.15, -0.1) is 5.12 Å². The van der Waals surface area contributed by atoms with Crippen LogP contribution in [0.4, 0.5) is 0 Å². The van der Waals surface area contributed by atoms with Gasteiger partial charge in [0, 0.05) is 19.2 Å². The average Bonchev–Trinajstić information content (AvgIpc) is 2.27. The third-order valence-electron chi connectivity index (χ3n) is 1.38. The second-order valence-electron chi connectivity index (χ2n) is 2.19. The summed E-state index contributed by atoms with van der Waals surface area (Å²) in [5.74, 6) is 0. The van der Waals surface area contributed by atoms with Crippen LogP contribution < -0.4 is 10.9 Å². The Morgan fingerprint density at radius 1 is 1.20 bits per heavy atom. The molecule has 0 atom stereocenters. The fourth-order valence-corrected chi connectivity index (χ4v) is 0.957. The molecule has 3 nitrogen and oxygen atoms in total. The van der Waals surface area contributed by atoms with Crippen LogP contribution in [0.3, 0.4) is 0 Å². The van der Waals surface area contributed by atoms with Crippen LogP contribution in [0.5, 0.6) is 0 Å². The van der Waals surface area contributed by atoms with E-state index in [0.717, 1.165) is 11.4 Å². The third kappa shape index (κ3) is 0.668. The number of rotatable bonds is 0. The van der Waals surface area contributed by atoms with E-state index in [0.29, 0.717) is 0 Å². The molecule has 0 aromatic rings. The topological polar surface area (TPSA) is 27.3 Å². The number of nitrogens with one attached hydrogen (secondary N) is 2. The first-order chi connectivity index (χ1) is 4.86. The molecule has 2 N–H and O–H groups in total. The summed E-state index contributed by atoms with van der Waals surface area (Å²) in [5.41, 5.74) is 13.9. The molecule has 0 saturated carbocycles. The van der Waals surface area contributed by atoms with Crippen molar-refractivity contribution in [2.24, 2.45) is 0 Å². The van der Waals surface area contributed by atoms with Crippen molar-refractivity contribution < 1.29 is 0 Å². The molecule has 0 bridgehead atoms. The van der Waals surface area contributed by atoms with Gasteiger partial charge in [-0.3, -0.25) is 10.9 Å². The summed E-state index contributed by atoms with van der Waals surface area (Å²) < 4.78 is 0. The molecule has 0 saturated heterocycles. The van der Waals surface area contributed by atoms with E-state index in [1.165, 1.54) is 0 Å². The molecular formula is C7H7N3. The van der Waals surface area contributed by atoms with Crippen LogP contribution in [0.1, 0.15) is 0 Å². The van der Waals surface area contributed by atoms with E-state index in [1.54, 1.807) is 5.12 Å². The second-order valence-corrected chi connectivity index (χ2v) is 2.19. The fraction of sp³-hybridized carbons (Fsp3) is 0.143. The quantitative estimate of drug-likeness (QED) is 0.457. The Hall–Kier alpha value is -1.40. The van der Waals surface area contributed by atoms with Gasteiger partial charge in [-0.1, -0.05) is 11.5 Å². The minimum atomic E-state index is 1.04. The van der Waals surface area contributed by atoms with Crippen molar-refractivity contribution in [2.75, 3.05) is 7.05 Å². The zero-order valence-electron chi connectivity index (χ0n) is 5.60. The van der Waals surface area contributed by atoms with E-state index < -0.39 is 0 Å². The molecule has 2 aliphatic rings. The zero-order valence-corrected chi connectivity index (χ0v) is 5.60. The summed E-state index contributed by atoms with van der Waals surface area (Å²) in [5, 5.41) is 1.78. The lowest BCUT2D eigenvalue weighted by Gasteiger charge is -2.08. The van der Waals surface area contributed by atoms with Crippen molar-refractivity contribution in [1.82, 2.24) is 16.0 Å². The highest BCUT2D eigenvalue weighted by molar-refractivity contribution is 5.34. The van der Waals surface area contributed by atoms with Crippen LogP contribution in [-0.2, 0) is 0 Å². The molecule has 0 aromatic carbocycles. The van der Waals surface area contributed by atoms with Crippen LogP contribution in [0.15, 0.2) is 35.0 Å². The van der Waals surface area contributed by atoms with Crippen molar-refractivity contribution in [3.8, 4) is 0 Å². The van der Waals surface area contributed by atoms with E-state index in [1.807, 2.05) is 19.2 Å². The van der Waals surface area contributed by atoms with Crippen LogP contribution in [0.2, 0.25) is 0 Å². The molecule has 0 unspecified atom stereocenters. The van der Waals surface area contributed by atoms with Gasteiger partial charge in [0.2, 0.25) is 0 Å². The van der Waals surface area contributed by atoms with Gasteiger partial charge < -0.3 is 0 Å². The first-order valence-electron chi connectivity index (χ1n) is 3.05. The Morgan fingerprint density at radius 3 is 2.20 bits per heavy atom. The molecule has 10 heavy (non-hydrogen) atoms. The predicted octanol–water partition coefficient (Wildman–Crippen LogP) is 0.0326. The maximum absolute atomic E-state index is 3.07. The number of hydrogen-bond donors (Lipinski definition) is 2. The first-order valence-corrected chi connectivity index (χ1v) is 3.05.